The maximum Gasteiger partial charge on any atom is 0.231 e. The average molecular weight is 407 g/mol. The predicted molar refractivity (Wildman–Crippen MR) is 105 cm³/mol. The molecular weight excluding hydrogens is 392 g/mol. The van der Waals surface area contributed by atoms with Crippen LogP contribution < -0.4 is 19.9 Å². The van der Waals surface area contributed by atoms with E-state index in [0.717, 1.165) is 22.5 Å². The first kappa shape index (κ1) is 17.5. The third-order valence-electron chi connectivity index (χ3n) is 5.02. The summed E-state index contributed by atoms with van der Waals surface area (Å²) >= 11 is 6.15. The Morgan fingerprint density at radius 1 is 1.21 bits per heavy atom. The lowest BCUT2D eigenvalue weighted by molar-refractivity contribution is 0.174. The van der Waals surface area contributed by atoms with E-state index in [1.807, 2.05) is 37.3 Å². The van der Waals surface area contributed by atoms with Crippen LogP contribution in [0.5, 0.6) is 17.4 Å². The van der Waals surface area contributed by atoms with Gasteiger partial charge in [-0.25, -0.2) is 4.68 Å². The van der Waals surface area contributed by atoms with Crippen molar-refractivity contribution >= 4 is 11.6 Å². The van der Waals surface area contributed by atoms with Crippen LogP contribution in [0.25, 0.3) is 5.69 Å². The molecule has 2 aliphatic heterocycles. The molecular formula is C21H15ClN4O3. The zero-order valence-electron chi connectivity index (χ0n) is 15.3. The average Bonchev–Trinajstić information content (AvgIpc) is 3.31. The highest BCUT2D eigenvalue weighted by Crippen LogP contribution is 2.46. The smallest absolute Gasteiger partial charge is 0.231 e. The minimum atomic E-state index is -0.439. The molecule has 8 heteroatoms. The minimum Gasteiger partial charge on any atom is -0.454 e. The standard InChI is InChI=1S/C21H15ClN4O3/c1-11-18-19(12-5-6-16-17(7-12)28-10-27-16)15(9-23)20(24)29-21(18)26(25-11)14-4-2-3-13(22)8-14/h2-8,19H,10,24H2,1H3. The maximum atomic E-state index is 9.79. The molecule has 0 radical (unpaired) electrons. The first-order chi connectivity index (χ1) is 14.1. The molecule has 144 valence electrons. The maximum absolute atomic E-state index is 9.79. The monoisotopic (exact) mass is 406 g/mol. The van der Waals surface area contributed by atoms with E-state index in [4.69, 9.17) is 31.5 Å². The Labute approximate surface area is 171 Å². The molecule has 2 aromatic carbocycles. The predicted octanol–water partition coefficient (Wildman–Crippen LogP) is 3.78. The Bertz CT molecular complexity index is 1230. The van der Waals surface area contributed by atoms with E-state index in [-0.39, 0.29) is 12.7 Å². The molecule has 0 aliphatic carbocycles. The van der Waals surface area contributed by atoms with E-state index in [9.17, 15) is 5.26 Å². The number of aromatic nitrogens is 2. The molecule has 1 atom stereocenters. The number of aryl methyl sites for hydroxylation is 1. The number of allylic oxidation sites excluding steroid dienone is 1. The molecule has 5 rings (SSSR count). The highest BCUT2D eigenvalue weighted by atomic mass is 35.5. The van der Waals surface area contributed by atoms with Gasteiger partial charge >= 0.3 is 0 Å². The summed E-state index contributed by atoms with van der Waals surface area (Å²) in [5, 5.41) is 15.0. The number of halogens is 1. The lowest BCUT2D eigenvalue weighted by atomic mass is 9.84. The molecule has 0 fully saturated rings. The van der Waals surface area contributed by atoms with Gasteiger partial charge in [0.25, 0.3) is 0 Å². The van der Waals surface area contributed by atoms with Gasteiger partial charge in [-0.15, -0.1) is 0 Å². The number of ether oxygens (including phenoxy) is 3. The van der Waals surface area contributed by atoms with Crippen LogP contribution in [0, 0.1) is 18.3 Å². The second-order valence-electron chi connectivity index (χ2n) is 6.73. The number of hydrogen-bond donors (Lipinski definition) is 1. The number of nitriles is 1. The van der Waals surface area contributed by atoms with Crippen LogP contribution in [0.2, 0.25) is 5.02 Å². The summed E-state index contributed by atoms with van der Waals surface area (Å²) < 4.78 is 18.4. The van der Waals surface area contributed by atoms with Gasteiger partial charge in [-0.1, -0.05) is 23.7 Å². The van der Waals surface area contributed by atoms with Crippen LogP contribution in [0.15, 0.2) is 53.9 Å². The Morgan fingerprint density at radius 2 is 2.03 bits per heavy atom. The summed E-state index contributed by atoms with van der Waals surface area (Å²) in [6.45, 7) is 2.05. The van der Waals surface area contributed by atoms with Crippen molar-refractivity contribution in [2.75, 3.05) is 6.79 Å². The van der Waals surface area contributed by atoms with Crippen LogP contribution in [-0.2, 0) is 0 Å². The van der Waals surface area contributed by atoms with E-state index >= 15 is 0 Å². The number of benzene rings is 2. The number of nitrogens with zero attached hydrogens (tertiary/aromatic N) is 3. The van der Waals surface area contributed by atoms with Gasteiger partial charge in [-0.2, -0.15) is 10.4 Å². The van der Waals surface area contributed by atoms with Crippen molar-refractivity contribution in [3.8, 4) is 29.1 Å². The molecule has 1 aromatic heterocycles. The van der Waals surface area contributed by atoms with E-state index in [1.54, 1.807) is 16.8 Å². The van der Waals surface area contributed by atoms with Gasteiger partial charge in [-0.3, -0.25) is 0 Å². The molecule has 1 unspecified atom stereocenters. The molecule has 29 heavy (non-hydrogen) atoms. The summed E-state index contributed by atoms with van der Waals surface area (Å²) in [5.74, 6) is 1.37. The Morgan fingerprint density at radius 3 is 2.83 bits per heavy atom. The van der Waals surface area contributed by atoms with E-state index in [0.29, 0.717) is 28.0 Å². The molecule has 0 saturated heterocycles. The van der Waals surface area contributed by atoms with Crippen molar-refractivity contribution in [3.63, 3.8) is 0 Å². The van der Waals surface area contributed by atoms with Crippen molar-refractivity contribution in [1.82, 2.24) is 9.78 Å². The lowest BCUT2D eigenvalue weighted by Crippen LogP contribution is -2.22. The summed E-state index contributed by atoms with van der Waals surface area (Å²) in [7, 11) is 0. The van der Waals surface area contributed by atoms with Gasteiger partial charge in [0.2, 0.25) is 18.6 Å². The number of hydrogen-bond acceptors (Lipinski definition) is 6. The quantitative estimate of drug-likeness (QED) is 0.695. The highest BCUT2D eigenvalue weighted by molar-refractivity contribution is 6.30. The molecule has 3 aromatic rings. The van der Waals surface area contributed by atoms with Gasteiger partial charge in [-0.05, 0) is 42.8 Å². The Balaban J connectivity index is 1.72. The Kier molecular flexibility index (Phi) is 3.89. The molecule has 0 saturated carbocycles. The fourth-order valence-electron chi connectivity index (χ4n) is 3.72. The fourth-order valence-corrected chi connectivity index (χ4v) is 3.91. The van der Waals surface area contributed by atoms with Crippen LogP contribution in [0.4, 0.5) is 0 Å². The van der Waals surface area contributed by atoms with E-state index in [2.05, 4.69) is 11.2 Å². The zero-order valence-corrected chi connectivity index (χ0v) is 16.1. The van der Waals surface area contributed by atoms with Crippen LogP contribution in [-0.4, -0.2) is 16.6 Å². The van der Waals surface area contributed by atoms with Crippen molar-refractivity contribution < 1.29 is 14.2 Å². The number of rotatable bonds is 2. The summed E-state index contributed by atoms with van der Waals surface area (Å²) in [4.78, 5) is 0. The summed E-state index contributed by atoms with van der Waals surface area (Å²) in [5.41, 5.74) is 9.54. The molecule has 2 aliphatic rings. The third kappa shape index (κ3) is 2.69. The molecule has 0 amide bonds. The van der Waals surface area contributed by atoms with Crippen LogP contribution >= 0.6 is 11.6 Å². The van der Waals surface area contributed by atoms with Gasteiger partial charge < -0.3 is 19.9 Å². The largest absolute Gasteiger partial charge is 0.454 e. The number of nitrogens with two attached hydrogens (primary N) is 1. The van der Waals surface area contributed by atoms with Crippen LogP contribution in [0.3, 0.4) is 0 Å². The zero-order chi connectivity index (χ0) is 20.1. The second-order valence-corrected chi connectivity index (χ2v) is 7.17. The fraction of sp³-hybridized carbons (Fsp3) is 0.143. The normalized spacial score (nSPS) is 16.9. The van der Waals surface area contributed by atoms with Crippen molar-refractivity contribution in [3.05, 3.63) is 75.8 Å². The highest BCUT2D eigenvalue weighted by Gasteiger charge is 2.36. The van der Waals surface area contributed by atoms with Gasteiger partial charge in [0.05, 0.1) is 22.9 Å². The SMILES string of the molecule is Cc1nn(-c2cccc(Cl)c2)c2c1C(c1ccc3c(c1)OCO3)C(C#N)=C(N)O2. The summed E-state index contributed by atoms with van der Waals surface area (Å²) in [6.07, 6.45) is 0. The third-order valence-corrected chi connectivity index (χ3v) is 5.25. The van der Waals surface area contributed by atoms with Gasteiger partial charge in [0, 0.05) is 5.02 Å². The van der Waals surface area contributed by atoms with Gasteiger partial charge in [0.15, 0.2) is 11.5 Å². The van der Waals surface area contributed by atoms with Crippen molar-refractivity contribution in [1.29, 1.82) is 5.26 Å². The minimum absolute atomic E-state index is 0.0471. The molecule has 0 bridgehead atoms. The summed E-state index contributed by atoms with van der Waals surface area (Å²) in [6, 6.07) is 15.1. The molecule has 2 N–H and O–H groups in total. The van der Waals surface area contributed by atoms with Crippen molar-refractivity contribution in [2.45, 2.75) is 12.8 Å². The lowest BCUT2D eigenvalue weighted by Gasteiger charge is -2.25. The topological polar surface area (TPSA) is 95.3 Å². The van der Waals surface area contributed by atoms with E-state index < -0.39 is 5.92 Å². The van der Waals surface area contributed by atoms with Crippen LogP contribution in [0.1, 0.15) is 22.7 Å². The second kappa shape index (κ2) is 6.47. The molecule has 3 heterocycles. The van der Waals surface area contributed by atoms with Gasteiger partial charge in [0.1, 0.15) is 11.6 Å². The molecule has 7 nitrogen and oxygen atoms in total. The molecule has 0 spiro atoms. The number of fused-ring (bicyclic) bond motifs is 2. The van der Waals surface area contributed by atoms with Crippen molar-refractivity contribution in [2.24, 2.45) is 5.73 Å². The first-order valence-corrected chi connectivity index (χ1v) is 9.27. The first-order valence-electron chi connectivity index (χ1n) is 8.89. The Hall–Kier alpha value is -3.63. The van der Waals surface area contributed by atoms with E-state index in [1.165, 1.54) is 0 Å².